The fraction of sp³-hybridized carbons (Fsp3) is 0.718. The number of carbonyl (C=O) groups excluding carboxylic acids is 5. The lowest BCUT2D eigenvalue weighted by Gasteiger charge is -2.39. The van der Waals surface area contributed by atoms with E-state index in [4.69, 9.17) is 18.6 Å². The second-order valence-corrected chi connectivity index (χ2v) is 21.6. The highest BCUT2D eigenvalue weighted by Crippen LogP contribution is 2.37. The minimum absolute atomic E-state index is 0.0896. The molecule has 1 heterocycles. The van der Waals surface area contributed by atoms with Gasteiger partial charge in [0.05, 0.1) is 0 Å². The number of benzene rings is 1. The molecule has 1 aliphatic rings. The number of hydrogen-bond acceptors (Lipinski definition) is 9. The van der Waals surface area contributed by atoms with E-state index >= 15 is 0 Å². The molecule has 0 aromatic heterocycles. The van der Waals surface area contributed by atoms with Gasteiger partial charge in [0.2, 0.25) is 11.8 Å². The molecule has 0 spiro atoms. The Balaban J connectivity index is 2.59. The number of rotatable bonds is 16. The Hall–Kier alpha value is -3.45. The topological polar surface area (TPSA) is 150 Å². The maximum Gasteiger partial charge on any atom is 0.408 e. The number of hydrogen-bond donors (Lipinski definition) is 2. The molecule has 0 unspecified atom stereocenters. The molecule has 2 rings (SSSR count). The van der Waals surface area contributed by atoms with Crippen LogP contribution in [0, 0.1) is 11.8 Å². The Morgan fingerprint density at radius 1 is 0.962 bits per heavy atom. The molecule has 52 heavy (non-hydrogen) atoms. The van der Waals surface area contributed by atoms with E-state index in [1.165, 1.54) is 6.92 Å². The number of ether oxygens (including phenoxy) is 3. The highest BCUT2D eigenvalue weighted by atomic mass is 28.4. The van der Waals surface area contributed by atoms with Crippen molar-refractivity contribution in [2.24, 2.45) is 11.8 Å². The van der Waals surface area contributed by atoms with E-state index in [1.807, 2.05) is 51.1 Å². The number of esters is 2. The van der Waals surface area contributed by atoms with Crippen LogP contribution in [0.2, 0.25) is 18.1 Å². The quantitative estimate of drug-likeness (QED) is 0.115. The molecular formula is C39H65N3O9Si. The number of nitrogens with one attached hydrogen (secondary N) is 2. The SMILES string of the molecule is CC[C@H](C)C(=O)N[C@@H](Cc1ccccc1)C(=O)O[C@@H](CCO[Si](C)(C)C(C)(C)C)[C@@H]1[C@H](OC(C)=O)CCN1C(=O)[C@@H](NC(=O)OC(C)(C)C)C(C)C. The Bertz CT molecular complexity index is 1360. The van der Waals surface area contributed by atoms with Crippen LogP contribution in [0.5, 0.6) is 0 Å². The number of amides is 3. The Labute approximate surface area is 312 Å². The van der Waals surface area contributed by atoms with Crippen LogP contribution in [0.1, 0.15) is 101 Å². The first-order valence-corrected chi connectivity index (χ1v) is 21.5. The van der Waals surface area contributed by atoms with Crippen molar-refractivity contribution < 1.29 is 42.6 Å². The van der Waals surface area contributed by atoms with Gasteiger partial charge in [0.1, 0.15) is 35.9 Å². The molecule has 1 saturated heterocycles. The van der Waals surface area contributed by atoms with Crippen LogP contribution in [-0.2, 0) is 44.2 Å². The molecule has 0 saturated carbocycles. The van der Waals surface area contributed by atoms with Gasteiger partial charge in [0, 0.05) is 45.3 Å². The van der Waals surface area contributed by atoms with Crippen molar-refractivity contribution in [3.63, 3.8) is 0 Å². The molecular weight excluding hydrogens is 683 g/mol. The van der Waals surface area contributed by atoms with Crippen LogP contribution in [0.25, 0.3) is 0 Å². The van der Waals surface area contributed by atoms with Crippen LogP contribution in [0.4, 0.5) is 4.79 Å². The third kappa shape index (κ3) is 13.5. The second-order valence-electron chi connectivity index (χ2n) is 16.8. The van der Waals surface area contributed by atoms with E-state index in [0.717, 1.165) is 5.56 Å². The molecule has 12 nitrogen and oxygen atoms in total. The Kier molecular flexibility index (Phi) is 16.4. The predicted octanol–water partition coefficient (Wildman–Crippen LogP) is 6.17. The zero-order valence-electron chi connectivity index (χ0n) is 33.8. The summed E-state index contributed by atoms with van der Waals surface area (Å²) in [4.78, 5) is 68.6. The summed E-state index contributed by atoms with van der Waals surface area (Å²) in [5, 5.41) is 5.54. The first kappa shape index (κ1) is 44.7. The van der Waals surface area contributed by atoms with Crippen molar-refractivity contribution >= 4 is 38.2 Å². The molecule has 1 aromatic rings. The third-order valence-corrected chi connectivity index (χ3v) is 14.4. The van der Waals surface area contributed by atoms with Crippen molar-refractivity contribution in [2.75, 3.05) is 13.2 Å². The average Bonchev–Trinajstić information content (AvgIpc) is 3.43. The van der Waals surface area contributed by atoms with Gasteiger partial charge in [0.15, 0.2) is 8.32 Å². The van der Waals surface area contributed by atoms with Crippen LogP contribution in [-0.4, -0.2) is 92.1 Å². The van der Waals surface area contributed by atoms with Gasteiger partial charge in [0.25, 0.3) is 0 Å². The van der Waals surface area contributed by atoms with Gasteiger partial charge in [-0.3, -0.25) is 14.4 Å². The van der Waals surface area contributed by atoms with E-state index < -0.39 is 68.2 Å². The average molecular weight is 748 g/mol. The normalized spacial score (nSPS) is 18.9. The van der Waals surface area contributed by atoms with E-state index in [0.29, 0.717) is 12.8 Å². The van der Waals surface area contributed by atoms with Crippen molar-refractivity contribution in [1.82, 2.24) is 15.5 Å². The molecule has 294 valence electrons. The summed E-state index contributed by atoms with van der Waals surface area (Å²) in [7, 11) is -2.24. The summed E-state index contributed by atoms with van der Waals surface area (Å²) in [5.41, 5.74) is 0.0465. The third-order valence-electron chi connectivity index (χ3n) is 9.86. The molecule has 0 bridgehead atoms. The highest BCUT2D eigenvalue weighted by molar-refractivity contribution is 6.74. The first-order chi connectivity index (χ1) is 24.0. The molecule has 1 aliphatic heterocycles. The largest absolute Gasteiger partial charge is 0.460 e. The van der Waals surface area contributed by atoms with Crippen LogP contribution < -0.4 is 10.6 Å². The molecule has 1 aromatic carbocycles. The Morgan fingerprint density at radius 3 is 2.10 bits per heavy atom. The Morgan fingerprint density at radius 2 is 1.58 bits per heavy atom. The molecule has 0 radical (unpaired) electrons. The van der Waals surface area contributed by atoms with Gasteiger partial charge < -0.3 is 34.2 Å². The van der Waals surface area contributed by atoms with Gasteiger partial charge >= 0.3 is 18.0 Å². The van der Waals surface area contributed by atoms with Crippen LogP contribution >= 0.6 is 0 Å². The fourth-order valence-electron chi connectivity index (χ4n) is 5.67. The standard InChI is InChI=1S/C39H65N3O9Si/c1-14-26(4)34(44)40-29(24-28-18-16-15-17-19-28)36(46)50-31(21-23-48-52(12,13)39(9,10)11)33-30(49-27(5)43)20-22-42(33)35(45)32(25(2)3)41-37(47)51-38(6,7)8/h15-19,25-26,29-33H,14,20-24H2,1-13H3,(H,40,44)(H,41,47)/t26-,29-,30+,31-,32-,33-/m0/s1. The summed E-state index contributed by atoms with van der Waals surface area (Å²) >= 11 is 0. The van der Waals surface area contributed by atoms with Crippen molar-refractivity contribution in [2.45, 2.75) is 156 Å². The summed E-state index contributed by atoms with van der Waals surface area (Å²) in [6.45, 7) is 24.9. The summed E-state index contributed by atoms with van der Waals surface area (Å²) < 4.78 is 24.1. The number of alkyl carbamates (subject to hydrolysis) is 1. The molecule has 1 fully saturated rings. The predicted molar refractivity (Wildman–Crippen MR) is 203 cm³/mol. The smallest absolute Gasteiger partial charge is 0.408 e. The van der Waals surface area contributed by atoms with Crippen molar-refractivity contribution in [1.29, 1.82) is 0 Å². The number of carbonyl (C=O) groups is 5. The zero-order chi connectivity index (χ0) is 39.6. The highest BCUT2D eigenvalue weighted by Gasteiger charge is 2.48. The number of likely N-dealkylation sites (tertiary alicyclic amines) is 1. The molecule has 2 N–H and O–H groups in total. The minimum Gasteiger partial charge on any atom is -0.460 e. The fourth-order valence-corrected chi connectivity index (χ4v) is 6.73. The molecule has 13 heteroatoms. The van der Waals surface area contributed by atoms with Gasteiger partial charge in [-0.2, -0.15) is 0 Å². The lowest BCUT2D eigenvalue weighted by atomic mass is 9.99. The maximum absolute atomic E-state index is 14.4. The second kappa shape index (κ2) is 19.0. The van der Waals surface area contributed by atoms with Gasteiger partial charge in [-0.15, -0.1) is 0 Å². The summed E-state index contributed by atoms with van der Waals surface area (Å²) in [5.74, 6) is -2.57. The van der Waals surface area contributed by atoms with E-state index in [1.54, 1.807) is 32.6 Å². The monoisotopic (exact) mass is 747 g/mol. The van der Waals surface area contributed by atoms with Gasteiger partial charge in [-0.1, -0.05) is 78.8 Å². The maximum atomic E-state index is 14.4. The van der Waals surface area contributed by atoms with Gasteiger partial charge in [-0.25, -0.2) is 9.59 Å². The first-order valence-electron chi connectivity index (χ1n) is 18.6. The molecule has 6 atom stereocenters. The van der Waals surface area contributed by atoms with Gasteiger partial charge in [-0.05, 0) is 56.8 Å². The lowest BCUT2D eigenvalue weighted by Crippen LogP contribution is -2.58. The van der Waals surface area contributed by atoms with E-state index in [-0.39, 0.29) is 48.8 Å². The number of nitrogens with zero attached hydrogens (tertiary/aromatic N) is 1. The van der Waals surface area contributed by atoms with E-state index in [2.05, 4.69) is 44.5 Å². The summed E-state index contributed by atoms with van der Waals surface area (Å²) in [6, 6.07) is 6.44. The van der Waals surface area contributed by atoms with Crippen molar-refractivity contribution in [3.05, 3.63) is 35.9 Å². The molecule has 3 amide bonds. The van der Waals surface area contributed by atoms with Crippen LogP contribution in [0.3, 0.4) is 0 Å². The van der Waals surface area contributed by atoms with E-state index in [9.17, 15) is 24.0 Å². The lowest BCUT2D eigenvalue weighted by molar-refractivity contribution is -0.165. The zero-order valence-corrected chi connectivity index (χ0v) is 34.8. The minimum atomic E-state index is -2.24. The van der Waals surface area contributed by atoms with Crippen LogP contribution in [0.15, 0.2) is 30.3 Å². The molecule has 0 aliphatic carbocycles. The summed E-state index contributed by atoms with van der Waals surface area (Å²) in [6.07, 6.45) is -1.27. The van der Waals surface area contributed by atoms with Crippen molar-refractivity contribution in [3.8, 4) is 0 Å².